The van der Waals surface area contributed by atoms with E-state index in [1.165, 1.54) is 0 Å². The van der Waals surface area contributed by atoms with Gasteiger partial charge in [0.25, 0.3) is 5.91 Å². The van der Waals surface area contributed by atoms with Crippen LogP contribution in [-0.2, 0) is 22.5 Å². The smallest absolute Gasteiger partial charge is 0.252 e. The zero-order valence-electron chi connectivity index (χ0n) is 27.7. The number of nitrogens with zero attached hydrogens (tertiary/aromatic N) is 2. The van der Waals surface area contributed by atoms with Gasteiger partial charge in [-0.05, 0) is 76.3 Å². The van der Waals surface area contributed by atoms with E-state index in [2.05, 4.69) is 45.5 Å². The van der Waals surface area contributed by atoms with Crippen LogP contribution >= 0.6 is 15.9 Å². The average molecular weight is 719 g/mol. The van der Waals surface area contributed by atoms with Crippen LogP contribution < -0.4 is 15.0 Å². The molecule has 0 radical (unpaired) electrons. The van der Waals surface area contributed by atoms with Gasteiger partial charge in [-0.1, -0.05) is 94.8 Å². The molecular formula is C41H40BrN3O4. The molecule has 1 amide bonds. The van der Waals surface area contributed by atoms with E-state index in [9.17, 15) is 4.79 Å². The fourth-order valence-corrected chi connectivity index (χ4v) is 6.19. The Kier molecular flexibility index (Phi) is 10.8. The maximum Gasteiger partial charge on any atom is 0.252 e. The van der Waals surface area contributed by atoms with E-state index < -0.39 is 11.6 Å². The standard InChI is InChI=1S/C41H40BrN3O4/c1-45(2)36-21-11-30(12-22-36)28-43-40(47)41(27-29-9-19-35(42)20-10-29)38(33-15-13-32(14-16-33)31-7-4-3-5-8-31)49-39(44-41)34-17-23-37(24-18-34)48-26-6-25-46/h3-5,7-24,38,46H,6,25-28H2,1-2H3,(H,43,47)/t38-,41-/m1/s1. The molecule has 0 aliphatic carbocycles. The highest BCUT2D eigenvalue weighted by Gasteiger charge is 2.53. The molecule has 0 unspecified atom stereocenters. The van der Waals surface area contributed by atoms with E-state index in [0.717, 1.165) is 43.5 Å². The second-order valence-corrected chi connectivity index (χ2v) is 13.2. The molecule has 0 bridgehead atoms. The molecule has 1 aliphatic heterocycles. The summed E-state index contributed by atoms with van der Waals surface area (Å²) in [7, 11) is 4.01. The van der Waals surface area contributed by atoms with Crippen molar-refractivity contribution < 1.29 is 19.4 Å². The monoisotopic (exact) mass is 717 g/mol. The number of aliphatic hydroxyl groups is 1. The zero-order valence-corrected chi connectivity index (χ0v) is 29.3. The van der Waals surface area contributed by atoms with Crippen molar-refractivity contribution in [3.63, 3.8) is 0 Å². The lowest BCUT2D eigenvalue weighted by atomic mass is 9.81. The Bertz CT molecular complexity index is 1860. The molecule has 1 heterocycles. The van der Waals surface area contributed by atoms with Crippen molar-refractivity contribution in [2.75, 3.05) is 32.2 Å². The van der Waals surface area contributed by atoms with Crippen LogP contribution in [0, 0.1) is 0 Å². The van der Waals surface area contributed by atoms with Crippen molar-refractivity contribution in [3.8, 4) is 16.9 Å². The van der Waals surface area contributed by atoms with Crippen LogP contribution in [0.3, 0.4) is 0 Å². The van der Waals surface area contributed by atoms with Crippen LogP contribution in [-0.4, -0.2) is 49.8 Å². The molecule has 8 heteroatoms. The molecule has 2 N–H and O–H groups in total. The Labute approximate surface area is 296 Å². The molecule has 0 saturated carbocycles. The first-order valence-electron chi connectivity index (χ1n) is 16.4. The number of carbonyl (C=O) groups is 1. The number of benzene rings is 5. The zero-order chi connectivity index (χ0) is 34.2. The summed E-state index contributed by atoms with van der Waals surface area (Å²) in [5, 5.41) is 12.3. The first-order valence-corrected chi connectivity index (χ1v) is 17.2. The van der Waals surface area contributed by atoms with Gasteiger partial charge in [-0.25, -0.2) is 4.99 Å². The number of halogens is 1. The number of amides is 1. The summed E-state index contributed by atoms with van der Waals surface area (Å²) in [6.45, 7) is 0.835. The molecule has 1 aliphatic rings. The number of anilines is 1. The van der Waals surface area contributed by atoms with Gasteiger partial charge in [0.2, 0.25) is 5.90 Å². The van der Waals surface area contributed by atoms with Gasteiger partial charge in [0, 0.05) is 55.8 Å². The van der Waals surface area contributed by atoms with Crippen LogP contribution in [0.25, 0.3) is 11.1 Å². The SMILES string of the molecule is CN(C)c1ccc(CNC(=O)[C@]2(Cc3ccc(Br)cc3)N=C(c3ccc(OCCCO)cc3)O[C@@H]2c2ccc(-c3ccccc3)cc2)cc1. The minimum Gasteiger partial charge on any atom is -0.494 e. The molecule has 7 nitrogen and oxygen atoms in total. The van der Waals surface area contributed by atoms with Gasteiger partial charge in [-0.15, -0.1) is 0 Å². The Balaban J connectivity index is 1.39. The van der Waals surface area contributed by atoms with E-state index in [4.69, 9.17) is 19.6 Å². The van der Waals surface area contributed by atoms with Gasteiger partial charge in [0.15, 0.2) is 11.6 Å². The van der Waals surface area contributed by atoms with E-state index in [1.54, 1.807) is 0 Å². The first kappa shape index (κ1) is 34.0. The summed E-state index contributed by atoms with van der Waals surface area (Å²) in [5.41, 5.74) is 5.50. The van der Waals surface area contributed by atoms with Gasteiger partial charge in [-0.3, -0.25) is 4.79 Å². The van der Waals surface area contributed by atoms with E-state index in [1.807, 2.05) is 122 Å². The lowest BCUT2D eigenvalue weighted by Gasteiger charge is -2.31. The summed E-state index contributed by atoms with van der Waals surface area (Å²) < 4.78 is 13.5. The first-order chi connectivity index (χ1) is 23.8. The highest BCUT2D eigenvalue weighted by atomic mass is 79.9. The normalized spacial score (nSPS) is 16.8. The highest BCUT2D eigenvalue weighted by Crippen LogP contribution is 2.43. The number of hydrogen-bond donors (Lipinski definition) is 2. The minimum absolute atomic E-state index is 0.0698. The van der Waals surface area contributed by atoms with Crippen LogP contribution in [0.1, 0.15) is 34.8 Å². The third-order valence-corrected chi connectivity index (χ3v) is 9.17. The van der Waals surface area contributed by atoms with Crippen molar-refractivity contribution in [2.24, 2.45) is 4.99 Å². The number of carbonyl (C=O) groups excluding carboxylic acids is 1. The fraction of sp³-hybridized carbons (Fsp3) is 0.220. The number of hydrogen-bond acceptors (Lipinski definition) is 6. The highest BCUT2D eigenvalue weighted by molar-refractivity contribution is 9.10. The summed E-state index contributed by atoms with van der Waals surface area (Å²) in [6.07, 6.45) is 0.172. The third-order valence-electron chi connectivity index (χ3n) is 8.64. The summed E-state index contributed by atoms with van der Waals surface area (Å²) in [5.74, 6) is 0.854. The number of nitrogens with one attached hydrogen (secondary N) is 1. The maximum absolute atomic E-state index is 14.7. The van der Waals surface area contributed by atoms with Gasteiger partial charge < -0.3 is 24.8 Å². The van der Waals surface area contributed by atoms with Gasteiger partial charge in [0.1, 0.15) is 5.75 Å². The quantitative estimate of drug-likeness (QED) is 0.122. The predicted molar refractivity (Wildman–Crippen MR) is 199 cm³/mol. The molecule has 5 aromatic carbocycles. The number of ether oxygens (including phenoxy) is 2. The topological polar surface area (TPSA) is 83.4 Å². The number of rotatable bonds is 13. The molecule has 0 fully saturated rings. The van der Waals surface area contributed by atoms with Crippen LogP contribution in [0.15, 0.2) is 137 Å². The van der Waals surface area contributed by atoms with E-state index in [0.29, 0.717) is 37.6 Å². The van der Waals surface area contributed by atoms with Gasteiger partial charge in [0.05, 0.1) is 6.61 Å². The summed E-state index contributed by atoms with van der Waals surface area (Å²) in [6, 6.07) is 42.0. The molecule has 0 aromatic heterocycles. The summed E-state index contributed by atoms with van der Waals surface area (Å²) >= 11 is 3.55. The van der Waals surface area contributed by atoms with Gasteiger partial charge in [-0.2, -0.15) is 0 Å². The Morgan fingerprint density at radius 3 is 2.12 bits per heavy atom. The van der Waals surface area contributed by atoms with Crippen molar-refractivity contribution in [2.45, 2.75) is 31.0 Å². The van der Waals surface area contributed by atoms with Crippen LogP contribution in [0.2, 0.25) is 0 Å². The molecule has 6 rings (SSSR count). The second kappa shape index (κ2) is 15.5. The maximum atomic E-state index is 14.7. The molecule has 49 heavy (non-hydrogen) atoms. The fourth-order valence-electron chi connectivity index (χ4n) is 5.92. The lowest BCUT2D eigenvalue weighted by molar-refractivity contribution is -0.129. The molecular weight excluding hydrogens is 678 g/mol. The third kappa shape index (κ3) is 8.04. The molecule has 5 aromatic rings. The Hall–Kier alpha value is -4.92. The van der Waals surface area contributed by atoms with Gasteiger partial charge >= 0.3 is 0 Å². The summed E-state index contributed by atoms with van der Waals surface area (Å²) in [4.78, 5) is 21.9. The molecule has 250 valence electrons. The van der Waals surface area contributed by atoms with Crippen LogP contribution in [0.5, 0.6) is 5.75 Å². The van der Waals surface area contributed by atoms with E-state index in [-0.39, 0.29) is 12.5 Å². The van der Waals surface area contributed by atoms with Crippen molar-refractivity contribution in [3.05, 3.63) is 154 Å². The predicted octanol–water partition coefficient (Wildman–Crippen LogP) is 7.76. The largest absolute Gasteiger partial charge is 0.494 e. The van der Waals surface area contributed by atoms with Crippen LogP contribution in [0.4, 0.5) is 5.69 Å². The minimum atomic E-state index is -1.31. The van der Waals surface area contributed by atoms with Crippen molar-refractivity contribution in [1.82, 2.24) is 5.32 Å². The van der Waals surface area contributed by atoms with Crippen molar-refractivity contribution in [1.29, 1.82) is 0 Å². The number of aliphatic hydroxyl groups excluding tert-OH is 1. The van der Waals surface area contributed by atoms with Crippen molar-refractivity contribution >= 4 is 33.4 Å². The van der Waals surface area contributed by atoms with E-state index >= 15 is 0 Å². The Morgan fingerprint density at radius 1 is 0.837 bits per heavy atom. The molecule has 0 saturated heterocycles. The molecule has 0 spiro atoms. The average Bonchev–Trinajstić information content (AvgIpc) is 3.53. The lowest BCUT2D eigenvalue weighted by Crippen LogP contribution is -2.49. The Morgan fingerprint density at radius 2 is 1.47 bits per heavy atom. The number of aliphatic imine (C=N–C) groups is 1. The molecule has 2 atom stereocenters. The second-order valence-electron chi connectivity index (χ2n) is 12.3.